The van der Waals surface area contributed by atoms with Crippen LogP contribution < -0.4 is 16.4 Å². The van der Waals surface area contributed by atoms with E-state index in [2.05, 4.69) is 45.9 Å². The van der Waals surface area contributed by atoms with Crippen LogP contribution in [-0.2, 0) is 17.8 Å². The van der Waals surface area contributed by atoms with Gasteiger partial charge in [-0.3, -0.25) is 4.90 Å². The Hall–Kier alpha value is -2.68. The van der Waals surface area contributed by atoms with Gasteiger partial charge in [-0.05, 0) is 49.3 Å². The van der Waals surface area contributed by atoms with E-state index in [0.717, 1.165) is 82.6 Å². The molecule has 8 heteroatoms. The van der Waals surface area contributed by atoms with Crippen LogP contribution in [0.5, 0.6) is 0 Å². The standard InChI is InChI=1S/C27H39N7O/c28-10-3-4-11-29-25-17-26(34-27(32-25)24(19-31-34)23-8-1-2-9-23)30-18-21-6-5-7-22(16-21)20-33-12-14-35-15-13-33/h5-7,16-17,19,23,30H,1-4,8-15,18,20,28H2,(H,29,32). The van der Waals surface area contributed by atoms with Gasteiger partial charge in [0.1, 0.15) is 11.6 Å². The van der Waals surface area contributed by atoms with Crippen molar-refractivity contribution < 1.29 is 4.74 Å². The predicted molar refractivity (Wildman–Crippen MR) is 141 cm³/mol. The summed E-state index contributed by atoms with van der Waals surface area (Å²) in [6, 6.07) is 10.9. The number of benzene rings is 1. The molecule has 1 saturated heterocycles. The minimum absolute atomic E-state index is 0.567. The van der Waals surface area contributed by atoms with Crippen LogP contribution in [0.3, 0.4) is 0 Å². The summed E-state index contributed by atoms with van der Waals surface area (Å²) in [6.07, 6.45) is 9.14. The molecule has 0 radical (unpaired) electrons. The number of nitrogens with zero attached hydrogens (tertiary/aromatic N) is 4. The van der Waals surface area contributed by atoms with Crippen molar-refractivity contribution in [2.24, 2.45) is 5.73 Å². The Morgan fingerprint density at radius 3 is 2.69 bits per heavy atom. The van der Waals surface area contributed by atoms with Crippen molar-refractivity contribution in [3.05, 3.63) is 53.2 Å². The van der Waals surface area contributed by atoms with Crippen molar-refractivity contribution in [3.63, 3.8) is 0 Å². The summed E-state index contributed by atoms with van der Waals surface area (Å²) in [5, 5.41) is 11.9. The summed E-state index contributed by atoms with van der Waals surface area (Å²) in [7, 11) is 0. The molecule has 188 valence electrons. The number of unbranched alkanes of at least 4 members (excludes halogenated alkanes) is 1. The Labute approximate surface area is 208 Å². The number of anilines is 2. The smallest absolute Gasteiger partial charge is 0.163 e. The first-order valence-electron chi connectivity index (χ1n) is 13.2. The van der Waals surface area contributed by atoms with Crippen LogP contribution in [0.1, 0.15) is 61.1 Å². The van der Waals surface area contributed by atoms with E-state index in [9.17, 15) is 0 Å². The van der Waals surface area contributed by atoms with E-state index in [4.69, 9.17) is 20.6 Å². The number of fused-ring (bicyclic) bond motifs is 1. The van der Waals surface area contributed by atoms with Gasteiger partial charge in [0.05, 0.1) is 19.4 Å². The van der Waals surface area contributed by atoms with E-state index < -0.39 is 0 Å². The highest BCUT2D eigenvalue weighted by Gasteiger charge is 2.23. The largest absolute Gasteiger partial charge is 0.379 e. The molecule has 35 heavy (non-hydrogen) atoms. The summed E-state index contributed by atoms with van der Waals surface area (Å²) in [5.74, 6) is 2.44. The molecule has 4 N–H and O–H groups in total. The van der Waals surface area contributed by atoms with Gasteiger partial charge in [0.15, 0.2) is 5.65 Å². The number of hydrogen-bond donors (Lipinski definition) is 3. The summed E-state index contributed by atoms with van der Waals surface area (Å²) < 4.78 is 7.47. The maximum atomic E-state index is 5.67. The molecule has 0 amide bonds. The number of hydrogen-bond acceptors (Lipinski definition) is 7. The Morgan fingerprint density at radius 1 is 1.03 bits per heavy atom. The fourth-order valence-corrected chi connectivity index (χ4v) is 5.25. The Kier molecular flexibility index (Phi) is 8.13. The first-order chi connectivity index (χ1) is 17.3. The van der Waals surface area contributed by atoms with Crippen molar-refractivity contribution in [2.45, 2.75) is 57.5 Å². The fourth-order valence-electron chi connectivity index (χ4n) is 5.25. The van der Waals surface area contributed by atoms with Gasteiger partial charge in [0, 0.05) is 44.4 Å². The van der Waals surface area contributed by atoms with Gasteiger partial charge >= 0.3 is 0 Å². The lowest BCUT2D eigenvalue weighted by atomic mass is 10.0. The number of rotatable bonds is 11. The summed E-state index contributed by atoms with van der Waals surface area (Å²) in [5.41, 5.74) is 10.5. The third-order valence-corrected chi connectivity index (χ3v) is 7.21. The van der Waals surface area contributed by atoms with Crippen molar-refractivity contribution >= 4 is 17.3 Å². The molecule has 0 spiro atoms. The number of ether oxygens (including phenoxy) is 1. The first-order valence-corrected chi connectivity index (χ1v) is 13.2. The van der Waals surface area contributed by atoms with Crippen LogP contribution >= 0.6 is 0 Å². The average Bonchev–Trinajstić information content (AvgIpc) is 3.56. The molecule has 2 aromatic heterocycles. The molecule has 1 saturated carbocycles. The maximum Gasteiger partial charge on any atom is 0.163 e. The number of nitrogens with one attached hydrogen (secondary N) is 2. The van der Waals surface area contributed by atoms with Crippen LogP contribution in [0.15, 0.2) is 36.5 Å². The second-order valence-electron chi connectivity index (χ2n) is 9.83. The molecule has 0 unspecified atom stereocenters. The monoisotopic (exact) mass is 477 g/mol. The lowest BCUT2D eigenvalue weighted by Gasteiger charge is -2.26. The van der Waals surface area contributed by atoms with Crippen LogP contribution in [0, 0.1) is 0 Å². The van der Waals surface area contributed by atoms with E-state index in [1.165, 1.54) is 42.4 Å². The number of aromatic nitrogens is 3. The molecule has 3 aromatic rings. The van der Waals surface area contributed by atoms with Gasteiger partial charge < -0.3 is 21.1 Å². The van der Waals surface area contributed by atoms with Gasteiger partial charge in [-0.2, -0.15) is 9.61 Å². The molecule has 0 bridgehead atoms. The van der Waals surface area contributed by atoms with Gasteiger partial charge in [-0.15, -0.1) is 0 Å². The van der Waals surface area contributed by atoms with Gasteiger partial charge in [0.2, 0.25) is 0 Å². The highest BCUT2D eigenvalue weighted by Crippen LogP contribution is 2.36. The third kappa shape index (κ3) is 6.12. The number of morpholine rings is 1. The molecule has 8 nitrogen and oxygen atoms in total. The minimum atomic E-state index is 0.567. The van der Waals surface area contributed by atoms with Crippen molar-refractivity contribution in [1.29, 1.82) is 0 Å². The molecule has 5 rings (SSSR count). The first kappa shape index (κ1) is 24.0. The summed E-state index contributed by atoms with van der Waals surface area (Å²) in [6.45, 7) is 6.96. The summed E-state index contributed by atoms with van der Waals surface area (Å²) >= 11 is 0. The zero-order valence-electron chi connectivity index (χ0n) is 20.7. The Balaban J connectivity index is 1.33. The average molecular weight is 478 g/mol. The van der Waals surface area contributed by atoms with Crippen molar-refractivity contribution in [1.82, 2.24) is 19.5 Å². The van der Waals surface area contributed by atoms with E-state index in [1.54, 1.807) is 0 Å². The molecule has 2 aliphatic rings. The third-order valence-electron chi connectivity index (χ3n) is 7.21. The van der Waals surface area contributed by atoms with Crippen LogP contribution in [0.4, 0.5) is 11.6 Å². The van der Waals surface area contributed by atoms with Gasteiger partial charge in [-0.1, -0.05) is 37.1 Å². The van der Waals surface area contributed by atoms with E-state index in [-0.39, 0.29) is 0 Å². The molecule has 1 aliphatic heterocycles. The molecule has 0 atom stereocenters. The lowest BCUT2D eigenvalue weighted by Crippen LogP contribution is -2.35. The Morgan fingerprint density at radius 2 is 1.86 bits per heavy atom. The molecular weight excluding hydrogens is 438 g/mol. The zero-order chi connectivity index (χ0) is 23.9. The quantitative estimate of drug-likeness (QED) is 0.360. The summed E-state index contributed by atoms with van der Waals surface area (Å²) in [4.78, 5) is 7.43. The zero-order valence-corrected chi connectivity index (χ0v) is 20.7. The predicted octanol–water partition coefficient (Wildman–Crippen LogP) is 3.98. The van der Waals surface area contributed by atoms with E-state index in [0.29, 0.717) is 5.92 Å². The molecule has 3 heterocycles. The lowest BCUT2D eigenvalue weighted by molar-refractivity contribution is 0.0342. The minimum Gasteiger partial charge on any atom is -0.379 e. The van der Waals surface area contributed by atoms with Crippen LogP contribution in [0.2, 0.25) is 0 Å². The second kappa shape index (κ2) is 11.8. The van der Waals surface area contributed by atoms with Gasteiger partial charge in [0.25, 0.3) is 0 Å². The maximum absolute atomic E-state index is 5.67. The number of nitrogens with two attached hydrogens (primary N) is 1. The normalized spacial score (nSPS) is 17.3. The molecule has 1 aliphatic carbocycles. The van der Waals surface area contributed by atoms with Crippen LogP contribution in [0.25, 0.3) is 5.65 Å². The second-order valence-corrected chi connectivity index (χ2v) is 9.83. The van der Waals surface area contributed by atoms with Crippen molar-refractivity contribution in [2.75, 3.05) is 50.0 Å². The molecule has 2 fully saturated rings. The van der Waals surface area contributed by atoms with Gasteiger partial charge in [-0.25, -0.2) is 4.98 Å². The van der Waals surface area contributed by atoms with E-state index in [1.807, 2.05) is 10.7 Å². The SMILES string of the molecule is NCCCCNc1cc(NCc2cccc(CN3CCOCC3)c2)n2ncc(C3CCCC3)c2n1. The highest BCUT2D eigenvalue weighted by molar-refractivity contribution is 5.61. The fraction of sp³-hybridized carbons (Fsp3) is 0.556. The molecule has 1 aromatic carbocycles. The van der Waals surface area contributed by atoms with E-state index >= 15 is 0 Å². The Bertz CT molecular complexity index is 1090. The van der Waals surface area contributed by atoms with Crippen LogP contribution in [-0.4, -0.2) is 58.9 Å². The molecular formula is C27H39N7O. The topological polar surface area (TPSA) is 92.7 Å². The van der Waals surface area contributed by atoms with Crippen molar-refractivity contribution in [3.8, 4) is 0 Å². The highest BCUT2D eigenvalue weighted by atomic mass is 16.5.